The molecule has 0 aliphatic carbocycles. The molecule has 0 aliphatic heterocycles. The fourth-order valence-corrected chi connectivity index (χ4v) is 3.05. The number of carbonyl (C=O) groups excluding carboxylic acids is 1. The van der Waals surface area contributed by atoms with Gasteiger partial charge in [0.2, 0.25) is 11.2 Å². The van der Waals surface area contributed by atoms with Crippen molar-refractivity contribution in [3.8, 4) is 17.2 Å². The Morgan fingerprint density at radius 2 is 1.76 bits per heavy atom. The highest BCUT2D eigenvalue weighted by atomic mass is 16.6. The lowest BCUT2D eigenvalue weighted by atomic mass is 10.1. The number of aryl methyl sites for hydroxylation is 2. The molecule has 0 unspecified atom stereocenters. The van der Waals surface area contributed by atoms with Crippen molar-refractivity contribution in [2.75, 3.05) is 6.61 Å². The maximum absolute atomic E-state index is 12.8. The van der Waals surface area contributed by atoms with Gasteiger partial charge in [0.25, 0.3) is 0 Å². The quantitative estimate of drug-likeness (QED) is 0.528. The third-order valence-electron chi connectivity index (χ3n) is 4.34. The summed E-state index contributed by atoms with van der Waals surface area (Å²) in [5.41, 5.74) is 2.14. The normalized spacial score (nSPS) is 11.9. The molecule has 0 saturated heterocycles. The molecule has 0 fully saturated rings. The fourth-order valence-electron chi connectivity index (χ4n) is 3.05. The minimum Gasteiger partial charge on any atom is -0.479 e. The summed E-state index contributed by atoms with van der Waals surface area (Å²) in [6, 6.07) is 10.5. The van der Waals surface area contributed by atoms with E-state index < -0.39 is 12.1 Å². The van der Waals surface area contributed by atoms with Crippen LogP contribution in [0.4, 0.5) is 0 Å². The van der Waals surface area contributed by atoms with Crippen LogP contribution in [-0.2, 0) is 9.53 Å². The molecule has 0 spiro atoms. The van der Waals surface area contributed by atoms with Gasteiger partial charge in [-0.25, -0.2) is 4.79 Å². The van der Waals surface area contributed by atoms with Crippen LogP contribution in [0, 0.1) is 13.8 Å². The Morgan fingerprint density at radius 1 is 1.03 bits per heavy atom. The number of hydrogen-bond donors (Lipinski definition) is 0. The van der Waals surface area contributed by atoms with E-state index in [2.05, 4.69) is 0 Å². The van der Waals surface area contributed by atoms with Crippen LogP contribution in [0.25, 0.3) is 11.0 Å². The summed E-state index contributed by atoms with van der Waals surface area (Å²) in [6.07, 6.45) is 1.03. The first-order valence-electron chi connectivity index (χ1n) is 9.56. The van der Waals surface area contributed by atoms with E-state index >= 15 is 0 Å². The van der Waals surface area contributed by atoms with Crippen LogP contribution in [0.15, 0.2) is 51.9 Å². The summed E-state index contributed by atoms with van der Waals surface area (Å²) in [5.74, 6) is 0.681. The van der Waals surface area contributed by atoms with Gasteiger partial charge in [-0.15, -0.1) is 0 Å². The summed E-state index contributed by atoms with van der Waals surface area (Å²) in [6.45, 7) is 7.79. The van der Waals surface area contributed by atoms with E-state index in [4.69, 9.17) is 18.6 Å². The number of carbonyl (C=O) groups is 1. The van der Waals surface area contributed by atoms with E-state index in [1.54, 1.807) is 25.1 Å². The summed E-state index contributed by atoms with van der Waals surface area (Å²) in [4.78, 5) is 24.7. The molecule has 1 aromatic heterocycles. The molecular formula is C23H24O6. The number of ether oxygens (including phenoxy) is 3. The lowest BCUT2D eigenvalue weighted by Gasteiger charge is -2.16. The Labute approximate surface area is 169 Å². The first-order valence-corrected chi connectivity index (χ1v) is 9.56. The van der Waals surface area contributed by atoms with Crippen molar-refractivity contribution >= 4 is 16.9 Å². The molecular weight excluding hydrogens is 372 g/mol. The molecule has 0 saturated carbocycles. The second-order valence-corrected chi connectivity index (χ2v) is 6.78. The number of rotatable bonds is 7. The monoisotopic (exact) mass is 396 g/mol. The zero-order valence-electron chi connectivity index (χ0n) is 17.0. The SMILES string of the molecule is CCOC(=O)[C@H](CC)Oc1ccc2c(=O)c(Oc3cc(C)cc(C)c3)coc2c1. The Kier molecular flexibility index (Phi) is 6.22. The van der Waals surface area contributed by atoms with Gasteiger partial charge in [0.15, 0.2) is 6.10 Å². The Bertz CT molecular complexity index is 1060. The molecule has 2 aromatic carbocycles. The molecule has 0 amide bonds. The fraction of sp³-hybridized carbons (Fsp3) is 0.304. The molecule has 29 heavy (non-hydrogen) atoms. The molecule has 3 aromatic rings. The number of fused-ring (bicyclic) bond motifs is 1. The van der Waals surface area contributed by atoms with Crippen molar-refractivity contribution in [1.82, 2.24) is 0 Å². The van der Waals surface area contributed by atoms with Crippen LogP contribution >= 0.6 is 0 Å². The van der Waals surface area contributed by atoms with Gasteiger partial charge < -0.3 is 18.6 Å². The Hall–Kier alpha value is -3.28. The van der Waals surface area contributed by atoms with E-state index in [9.17, 15) is 9.59 Å². The Morgan fingerprint density at radius 3 is 2.41 bits per heavy atom. The minimum atomic E-state index is -0.716. The maximum Gasteiger partial charge on any atom is 0.347 e. The van der Waals surface area contributed by atoms with Crippen molar-refractivity contribution in [3.63, 3.8) is 0 Å². The Balaban J connectivity index is 1.87. The van der Waals surface area contributed by atoms with Gasteiger partial charge in [-0.2, -0.15) is 0 Å². The summed E-state index contributed by atoms with van der Waals surface area (Å²) in [7, 11) is 0. The van der Waals surface area contributed by atoms with E-state index in [1.165, 1.54) is 6.26 Å². The average Bonchev–Trinajstić information content (AvgIpc) is 2.67. The second-order valence-electron chi connectivity index (χ2n) is 6.78. The van der Waals surface area contributed by atoms with Crippen molar-refractivity contribution in [1.29, 1.82) is 0 Å². The molecule has 1 atom stereocenters. The van der Waals surface area contributed by atoms with Crippen LogP contribution in [0.3, 0.4) is 0 Å². The predicted molar refractivity (Wildman–Crippen MR) is 110 cm³/mol. The first kappa shape index (κ1) is 20.5. The van der Waals surface area contributed by atoms with Crippen LogP contribution in [0.2, 0.25) is 0 Å². The third kappa shape index (κ3) is 4.77. The average molecular weight is 396 g/mol. The van der Waals surface area contributed by atoms with Gasteiger partial charge in [0.05, 0.1) is 12.0 Å². The van der Waals surface area contributed by atoms with Crippen molar-refractivity contribution in [3.05, 3.63) is 64.0 Å². The van der Waals surface area contributed by atoms with E-state index in [1.807, 2.05) is 39.0 Å². The van der Waals surface area contributed by atoms with E-state index in [0.717, 1.165) is 11.1 Å². The first-order chi connectivity index (χ1) is 13.9. The molecule has 0 N–H and O–H groups in total. The van der Waals surface area contributed by atoms with Crippen LogP contribution in [0.1, 0.15) is 31.4 Å². The van der Waals surface area contributed by atoms with Gasteiger partial charge in [-0.3, -0.25) is 4.79 Å². The van der Waals surface area contributed by atoms with Crippen molar-refractivity contribution in [2.24, 2.45) is 0 Å². The summed E-state index contributed by atoms with van der Waals surface area (Å²) < 4.78 is 22.1. The second kappa shape index (κ2) is 8.82. The summed E-state index contributed by atoms with van der Waals surface area (Å²) >= 11 is 0. The zero-order valence-corrected chi connectivity index (χ0v) is 17.0. The highest BCUT2D eigenvalue weighted by molar-refractivity contribution is 5.79. The maximum atomic E-state index is 12.8. The van der Waals surface area contributed by atoms with E-state index in [0.29, 0.717) is 28.9 Å². The molecule has 6 nitrogen and oxygen atoms in total. The number of esters is 1. The molecule has 0 radical (unpaired) electrons. The molecule has 0 bridgehead atoms. The van der Waals surface area contributed by atoms with Crippen molar-refractivity contribution < 1.29 is 23.4 Å². The van der Waals surface area contributed by atoms with Crippen LogP contribution in [0.5, 0.6) is 17.2 Å². The zero-order chi connectivity index (χ0) is 21.0. The standard InChI is InChI=1S/C23H24O6/c1-5-19(23(25)26-6-2)28-16-7-8-18-20(12-16)27-13-21(22(18)24)29-17-10-14(3)9-15(4)11-17/h7-13,19H,5-6H2,1-4H3/t19-/m0/s1. The van der Waals surface area contributed by atoms with Gasteiger partial charge in [0, 0.05) is 6.07 Å². The van der Waals surface area contributed by atoms with Gasteiger partial charge >= 0.3 is 5.97 Å². The molecule has 1 heterocycles. The lowest BCUT2D eigenvalue weighted by Crippen LogP contribution is -2.28. The summed E-state index contributed by atoms with van der Waals surface area (Å²) in [5, 5.41) is 0.364. The van der Waals surface area contributed by atoms with Gasteiger partial charge in [0.1, 0.15) is 23.3 Å². The smallest absolute Gasteiger partial charge is 0.347 e. The molecule has 3 rings (SSSR count). The number of benzene rings is 2. The predicted octanol–water partition coefficient (Wildman–Crippen LogP) is 4.92. The van der Waals surface area contributed by atoms with Crippen LogP contribution < -0.4 is 14.9 Å². The highest BCUT2D eigenvalue weighted by Crippen LogP contribution is 2.26. The highest BCUT2D eigenvalue weighted by Gasteiger charge is 2.20. The van der Waals surface area contributed by atoms with E-state index in [-0.39, 0.29) is 17.8 Å². The number of hydrogen-bond acceptors (Lipinski definition) is 6. The minimum absolute atomic E-state index is 0.106. The molecule has 6 heteroatoms. The third-order valence-corrected chi connectivity index (χ3v) is 4.34. The van der Waals surface area contributed by atoms with Gasteiger partial charge in [-0.1, -0.05) is 13.0 Å². The topological polar surface area (TPSA) is 75.0 Å². The molecule has 152 valence electrons. The lowest BCUT2D eigenvalue weighted by molar-refractivity contribution is -0.151. The molecule has 0 aliphatic rings. The largest absolute Gasteiger partial charge is 0.479 e. The van der Waals surface area contributed by atoms with Gasteiger partial charge in [-0.05, 0) is 62.6 Å². The van der Waals surface area contributed by atoms with Crippen molar-refractivity contribution in [2.45, 2.75) is 40.2 Å². The van der Waals surface area contributed by atoms with Crippen LogP contribution in [-0.4, -0.2) is 18.7 Å².